The second-order valence-electron chi connectivity index (χ2n) is 9.89. The van der Waals surface area contributed by atoms with E-state index in [9.17, 15) is 9.90 Å². The molecule has 36 heavy (non-hydrogen) atoms. The zero-order valence-corrected chi connectivity index (χ0v) is 20.7. The topological polar surface area (TPSA) is 89.3 Å². The van der Waals surface area contributed by atoms with Crippen LogP contribution in [0.5, 0.6) is 11.5 Å². The van der Waals surface area contributed by atoms with E-state index in [2.05, 4.69) is 10.3 Å². The average molecular weight is 483 g/mol. The van der Waals surface area contributed by atoms with Gasteiger partial charge in [-0.25, -0.2) is 4.98 Å². The molecule has 0 unspecified atom stereocenters. The van der Waals surface area contributed by atoms with Crippen molar-refractivity contribution in [3.8, 4) is 22.8 Å². The van der Waals surface area contributed by atoms with Gasteiger partial charge in [0.15, 0.2) is 5.75 Å². The highest BCUT2D eigenvalue weighted by atomic mass is 16.5. The third-order valence-electron chi connectivity index (χ3n) is 6.76. The number of benzene rings is 2. The summed E-state index contributed by atoms with van der Waals surface area (Å²) in [5.74, 6) is 1.07. The standard InChI is InChI=1S/C29H30N4O3/c1-19-14-21(29(2,3)28(34)35)16-22(15-19)31-26-17-24(12-13-30-26)36-25-18-33(23-10-7-11-23)32-27(25)20-8-5-4-6-9-20/h4-6,8-9,12-18,23H,7,10-11H2,1-3H3,(H,30,31)(H,34,35). The van der Waals surface area contributed by atoms with Gasteiger partial charge in [0.25, 0.3) is 0 Å². The lowest BCUT2D eigenvalue weighted by Gasteiger charge is -2.25. The lowest BCUT2D eigenvalue weighted by atomic mass is 9.84. The number of hydrogen-bond donors (Lipinski definition) is 2. The lowest BCUT2D eigenvalue weighted by Crippen LogP contribution is -2.28. The molecular formula is C29H30N4O3. The maximum Gasteiger partial charge on any atom is 0.313 e. The summed E-state index contributed by atoms with van der Waals surface area (Å²) in [4.78, 5) is 16.2. The molecule has 0 spiro atoms. The van der Waals surface area contributed by atoms with Gasteiger partial charge in [-0.1, -0.05) is 36.4 Å². The highest BCUT2D eigenvalue weighted by Crippen LogP contribution is 2.38. The molecule has 1 aliphatic carbocycles. The van der Waals surface area contributed by atoms with Gasteiger partial charge in [0.05, 0.1) is 17.7 Å². The van der Waals surface area contributed by atoms with E-state index in [-0.39, 0.29) is 0 Å². The Hall–Kier alpha value is -4.13. The third-order valence-corrected chi connectivity index (χ3v) is 6.76. The third kappa shape index (κ3) is 4.82. The van der Waals surface area contributed by atoms with Crippen LogP contribution >= 0.6 is 0 Å². The molecule has 7 nitrogen and oxygen atoms in total. The Kier molecular flexibility index (Phi) is 6.22. The van der Waals surface area contributed by atoms with Gasteiger partial charge in [-0.2, -0.15) is 5.10 Å². The quantitative estimate of drug-likeness (QED) is 0.285. The molecule has 0 saturated heterocycles. The predicted molar refractivity (Wildman–Crippen MR) is 140 cm³/mol. The Labute approximate surface area is 210 Å². The van der Waals surface area contributed by atoms with Crippen molar-refractivity contribution in [3.05, 3.63) is 84.2 Å². The van der Waals surface area contributed by atoms with Crippen molar-refractivity contribution in [1.29, 1.82) is 0 Å². The molecular weight excluding hydrogens is 452 g/mol. The predicted octanol–water partition coefficient (Wildman–Crippen LogP) is 6.88. The second-order valence-corrected chi connectivity index (χ2v) is 9.89. The van der Waals surface area contributed by atoms with Crippen molar-refractivity contribution in [2.45, 2.75) is 51.5 Å². The lowest BCUT2D eigenvalue weighted by molar-refractivity contribution is -0.142. The van der Waals surface area contributed by atoms with Gasteiger partial charge in [-0.15, -0.1) is 0 Å². The fraction of sp³-hybridized carbons (Fsp3) is 0.276. The number of anilines is 2. The second kappa shape index (κ2) is 9.49. The summed E-state index contributed by atoms with van der Waals surface area (Å²) in [7, 11) is 0. The summed E-state index contributed by atoms with van der Waals surface area (Å²) in [5, 5.41) is 17.8. The van der Waals surface area contributed by atoms with Gasteiger partial charge in [-0.3, -0.25) is 9.48 Å². The molecule has 184 valence electrons. The normalized spacial score (nSPS) is 13.8. The fourth-order valence-corrected chi connectivity index (χ4v) is 4.24. The van der Waals surface area contributed by atoms with E-state index in [1.165, 1.54) is 6.42 Å². The maximum atomic E-state index is 11.8. The number of nitrogens with zero attached hydrogens (tertiary/aromatic N) is 3. The molecule has 0 amide bonds. The smallest absolute Gasteiger partial charge is 0.313 e. The van der Waals surface area contributed by atoms with Crippen LogP contribution in [-0.2, 0) is 10.2 Å². The first-order chi connectivity index (χ1) is 17.3. The molecule has 0 radical (unpaired) electrons. The molecule has 0 aliphatic heterocycles. The van der Waals surface area contributed by atoms with Crippen LogP contribution in [0, 0.1) is 6.92 Å². The Morgan fingerprint density at radius 3 is 2.58 bits per heavy atom. The van der Waals surface area contributed by atoms with Crippen LogP contribution in [0.3, 0.4) is 0 Å². The van der Waals surface area contributed by atoms with Crippen LogP contribution in [0.15, 0.2) is 73.1 Å². The Morgan fingerprint density at radius 1 is 1.11 bits per heavy atom. The molecule has 2 aromatic carbocycles. The van der Waals surface area contributed by atoms with Gasteiger partial charge in [0, 0.05) is 23.5 Å². The van der Waals surface area contributed by atoms with E-state index in [1.807, 2.05) is 78.5 Å². The van der Waals surface area contributed by atoms with Crippen LogP contribution < -0.4 is 10.1 Å². The number of carboxylic acid groups (broad SMARTS) is 1. The minimum absolute atomic E-state index is 0.421. The van der Waals surface area contributed by atoms with Crippen molar-refractivity contribution >= 4 is 17.5 Å². The first-order valence-corrected chi connectivity index (χ1v) is 12.2. The number of aryl methyl sites for hydroxylation is 1. The summed E-state index contributed by atoms with van der Waals surface area (Å²) in [6, 6.07) is 19.8. The molecule has 4 aromatic rings. The monoisotopic (exact) mass is 482 g/mol. The first kappa shape index (κ1) is 23.6. The van der Waals surface area contributed by atoms with Crippen LogP contribution in [0.25, 0.3) is 11.3 Å². The minimum atomic E-state index is -1.00. The minimum Gasteiger partial charge on any atom is -0.481 e. The summed E-state index contributed by atoms with van der Waals surface area (Å²) in [5.41, 5.74) is 3.27. The molecule has 2 N–H and O–H groups in total. The van der Waals surface area contributed by atoms with Crippen molar-refractivity contribution in [3.63, 3.8) is 0 Å². The zero-order valence-electron chi connectivity index (χ0n) is 20.7. The van der Waals surface area contributed by atoms with E-state index in [1.54, 1.807) is 20.0 Å². The average Bonchev–Trinajstić information content (AvgIpc) is 3.21. The first-order valence-electron chi connectivity index (χ1n) is 12.2. The fourth-order valence-electron chi connectivity index (χ4n) is 4.24. The number of carboxylic acids is 1. The molecule has 2 heterocycles. The zero-order chi connectivity index (χ0) is 25.3. The number of aliphatic carboxylic acids is 1. The SMILES string of the molecule is Cc1cc(Nc2cc(Oc3cn(C4CCC4)nc3-c3ccccc3)ccn2)cc(C(C)(C)C(=O)O)c1. The van der Waals surface area contributed by atoms with Crippen LogP contribution in [0.1, 0.15) is 50.3 Å². The largest absolute Gasteiger partial charge is 0.481 e. The molecule has 7 heteroatoms. The summed E-state index contributed by atoms with van der Waals surface area (Å²) in [6.07, 6.45) is 7.17. The number of ether oxygens (including phenoxy) is 1. The molecule has 2 aromatic heterocycles. The Balaban J connectivity index is 1.42. The van der Waals surface area contributed by atoms with Gasteiger partial charge in [-0.05, 0) is 69.4 Å². The van der Waals surface area contributed by atoms with E-state index in [4.69, 9.17) is 9.84 Å². The van der Waals surface area contributed by atoms with Crippen LogP contribution in [0.4, 0.5) is 11.5 Å². The van der Waals surface area contributed by atoms with Crippen molar-refractivity contribution in [2.24, 2.45) is 0 Å². The van der Waals surface area contributed by atoms with Gasteiger partial charge in [0.1, 0.15) is 17.3 Å². The number of carbonyl (C=O) groups is 1. The van der Waals surface area contributed by atoms with Crippen LogP contribution in [-0.4, -0.2) is 25.8 Å². The van der Waals surface area contributed by atoms with Gasteiger partial charge >= 0.3 is 5.97 Å². The van der Waals surface area contributed by atoms with Crippen molar-refractivity contribution in [2.75, 3.05) is 5.32 Å². The number of pyridine rings is 1. The molecule has 5 rings (SSSR count). The molecule has 1 saturated carbocycles. The summed E-state index contributed by atoms with van der Waals surface area (Å²) < 4.78 is 8.36. The van der Waals surface area contributed by atoms with Gasteiger partial charge < -0.3 is 15.2 Å². The van der Waals surface area contributed by atoms with Crippen molar-refractivity contribution in [1.82, 2.24) is 14.8 Å². The maximum absolute atomic E-state index is 11.8. The van der Waals surface area contributed by atoms with Crippen molar-refractivity contribution < 1.29 is 14.6 Å². The van der Waals surface area contributed by atoms with E-state index in [0.29, 0.717) is 23.4 Å². The van der Waals surface area contributed by atoms with Gasteiger partial charge in [0.2, 0.25) is 0 Å². The summed E-state index contributed by atoms with van der Waals surface area (Å²) in [6.45, 7) is 5.35. The molecule has 0 atom stereocenters. The molecule has 0 bridgehead atoms. The molecule has 1 aliphatic rings. The molecule has 1 fully saturated rings. The van der Waals surface area contributed by atoms with E-state index >= 15 is 0 Å². The highest BCUT2D eigenvalue weighted by Gasteiger charge is 2.30. The Morgan fingerprint density at radius 2 is 1.89 bits per heavy atom. The van der Waals surface area contributed by atoms with Crippen LogP contribution in [0.2, 0.25) is 0 Å². The number of nitrogens with one attached hydrogen (secondary N) is 1. The number of aromatic nitrogens is 3. The number of rotatable bonds is 8. The summed E-state index contributed by atoms with van der Waals surface area (Å²) >= 11 is 0. The number of hydrogen-bond acceptors (Lipinski definition) is 5. The van der Waals surface area contributed by atoms with E-state index < -0.39 is 11.4 Å². The van der Waals surface area contributed by atoms with E-state index in [0.717, 1.165) is 40.9 Å². The highest BCUT2D eigenvalue weighted by molar-refractivity contribution is 5.81. The Bertz CT molecular complexity index is 1390.